The van der Waals surface area contributed by atoms with Crippen LogP contribution in [0, 0.1) is 0 Å². The molecule has 132 valence electrons. The van der Waals surface area contributed by atoms with E-state index in [1.807, 2.05) is 24.3 Å². The van der Waals surface area contributed by atoms with Crippen LogP contribution in [0.4, 0.5) is 5.69 Å². The van der Waals surface area contributed by atoms with Gasteiger partial charge in [0.25, 0.3) is 11.1 Å². The first-order valence-corrected chi connectivity index (χ1v) is 8.51. The summed E-state index contributed by atoms with van der Waals surface area (Å²) in [5.74, 6) is -0.187. The summed E-state index contributed by atoms with van der Waals surface area (Å²) in [7, 11) is 0. The lowest BCUT2D eigenvalue weighted by atomic mass is 10.1. The van der Waals surface area contributed by atoms with E-state index in [-0.39, 0.29) is 17.0 Å². The first-order chi connectivity index (χ1) is 13.1. The highest BCUT2D eigenvalue weighted by molar-refractivity contribution is 6.05. The zero-order valence-electron chi connectivity index (χ0n) is 14.6. The molecular formula is C22H16N2O3. The fourth-order valence-electron chi connectivity index (χ4n) is 3.27. The van der Waals surface area contributed by atoms with Crippen molar-refractivity contribution in [2.45, 2.75) is 6.92 Å². The summed E-state index contributed by atoms with van der Waals surface area (Å²) >= 11 is 0. The molecule has 5 heteroatoms. The van der Waals surface area contributed by atoms with Crippen LogP contribution < -0.4 is 16.4 Å². The van der Waals surface area contributed by atoms with Crippen LogP contribution in [0.1, 0.15) is 6.92 Å². The maximum atomic E-state index is 13.2. The molecule has 0 atom stereocenters. The Labute approximate surface area is 154 Å². The van der Waals surface area contributed by atoms with Crippen molar-refractivity contribution in [1.29, 1.82) is 0 Å². The van der Waals surface area contributed by atoms with E-state index in [0.29, 0.717) is 22.1 Å². The molecule has 4 aromatic rings. The number of nitrogens with one attached hydrogen (secondary N) is 1. The van der Waals surface area contributed by atoms with E-state index >= 15 is 0 Å². The Kier molecular flexibility index (Phi) is 4.05. The molecule has 0 aliphatic rings. The molecule has 27 heavy (non-hydrogen) atoms. The number of aromatic nitrogens is 1. The van der Waals surface area contributed by atoms with Gasteiger partial charge in [0.2, 0.25) is 5.91 Å². The minimum absolute atomic E-state index is 0.187. The highest BCUT2D eigenvalue weighted by Crippen LogP contribution is 2.20. The Balaban J connectivity index is 2.10. The number of carbonyl (C=O) groups is 1. The van der Waals surface area contributed by atoms with Gasteiger partial charge in [-0.2, -0.15) is 0 Å². The van der Waals surface area contributed by atoms with Crippen molar-refractivity contribution in [2.24, 2.45) is 0 Å². The number of hydrogen-bond acceptors (Lipinski definition) is 3. The molecule has 3 aromatic carbocycles. The molecule has 0 spiro atoms. The normalized spacial score (nSPS) is 10.9. The topological polar surface area (TPSA) is 68.2 Å². The average molecular weight is 356 g/mol. The lowest BCUT2D eigenvalue weighted by Gasteiger charge is -2.05. The second kappa shape index (κ2) is 6.53. The predicted octanol–water partition coefficient (Wildman–Crippen LogP) is 3.46. The Morgan fingerprint density at radius 3 is 1.59 bits per heavy atom. The molecule has 0 fully saturated rings. The Hall–Kier alpha value is -3.73. The molecule has 0 aliphatic carbocycles. The summed E-state index contributed by atoms with van der Waals surface area (Å²) < 4.78 is 1.18. The Morgan fingerprint density at radius 1 is 0.704 bits per heavy atom. The van der Waals surface area contributed by atoms with Crippen LogP contribution in [0.3, 0.4) is 0 Å². The van der Waals surface area contributed by atoms with Crippen LogP contribution in [-0.2, 0) is 4.79 Å². The standard InChI is InChI=1S/C22H16N2O3/c1-14(25)23-15-10-12-16(13-11-15)24-21(26)19-8-4-2-6-17(19)18-7-3-5-9-20(18)22(24)27/h2-13H,1H3,(H,23,25). The van der Waals surface area contributed by atoms with Crippen molar-refractivity contribution in [2.75, 3.05) is 5.32 Å². The van der Waals surface area contributed by atoms with E-state index < -0.39 is 0 Å². The maximum absolute atomic E-state index is 13.2. The molecule has 4 rings (SSSR count). The van der Waals surface area contributed by atoms with Crippen molar-refractivity contribution in [3.05, 3.63) is 93.5 Å². The van der Waals surface area contributed by atoms with Crippen molar-refractivity contribution >= 4 is 33.1 Å². The van der Waals surface area contributed by atoms with Crippen molar-refractivity contribution in [3.8, 4) is 5.69 Å². The van der Waals surface area contributed by atoms with Gasteiger partial charge in [0.05, 0.1) is 5.69 Å². The van der Waals surface area contributed by atoms with Gasteiger partial charge in [-0.3, -0.25) is 14.4 Å². The molecule has 5 nitrogen and oxygen atoms in total. The molecule has 1 N–H and O–H groups in total. The van der Waals surface area contributed by atoms with Crippen LogP contribution in [0.15, 0.2) is 82.4 Å². The molecule has 1 amide bonds. The van der Waals surface area contributed by atoms with Gasteiger partial charge >= 0.3 is 0 Å². The first kappa shape index (κ1) is 16.7. The molecule has 0 saturated heterocycles. The second-order valence-electron chi connectivity index (χ2n) is 6.26. The quantitative estimate of drug-likeness (QED) is 0.598. The molecule has 0 unspecified atom stereocenters. The lowest BCUT2D eigenvalue weighted by molar-refractivity contribution is -0.114. The molecule has 1 aromatic heterocycles. The van der Waals surface area contributed by atoms with Gasteiger partial charge in [0.15, 0.2) is 0 Å². The number of amides is 1. The van der Waals surface area contributed by atoms with Gasteiger partial charge in [-0.05, 0) is 47.2 Å². The van der Waals surface area contributed by atoms with E-state index in [1.54, 1.807) is 48.5 Å². The molecule has 0 saturated carbocycles. The third kappa shape index (κ3) is 2.89. The monoisotopic (exact) mass is 356 g/mol. The molecule has 0 bridgehead atoms. The predicted molar refractivity (Wildman–Crippen MR) is 108 cm³/mol. The van der Waals surface area contributed by atoms with Gasteiger partial charge in [0.1, 0.15) is 0 Å². The minimum atomic E-state index is -0.376. The Morgan fingerprint density at radius 2 is 1.15 bits per heavy atom. The zero-order valence-corrected chi connectivity index (χ0v) is 14.6. The smallest absolute Gasteiger partial charge is 0.265 e. The van der Waals surface area contributed by atoms with Gasteiger partial charge in [-0.15, -0.1) is 0 Å². The summed E-state index contributed by atoms with van der Waals surface area (Å²) in [5.41, 5.74) is 0.297. The minimum Gasteiger partial charge on any atom is -0.326 e. The Bertz CT molecular complexity index is 1230. The number of benzene rings is 3. The van der Waals surface area contributed by atoms with E-state index in [0.717, 1.165) is 10.8 Å². The van der Waals surface area contributed by atoms with Crippen LogP contribution in [0.2, 0.25) is 0 Å². The van der Waals surface area contributed by atoms with Crippen LogP contribution in [0.5, 0.6) is 0 Å². The maximum Gasteiger partial charge on any atom is 0.265 e. The van der Waals surface area contributed by atoms with E-state index in [9.17, 15) is 14.4 Å². The van der Waals surface area contributed by atoms with E-state index in [4.69, 9.17) is 0 Å². The third-order valence-electron chi connectivity index (χ3n) is 4.46. The summed E-state index contributed by atoms with van der Waals surface area (Å²) in [5, 5.41) is 5.10. The van der Waals surface area contributed by atoms with Crippen molar-refractivity contribution in [1.82, 2.24) is 4.57 Å². The van der Waals surface area contributed by atoms with E-state index in [2.05, 4.69) is 5.32 Å². The van der Waals surface area contributed by atoms with Crippen LogP contribution >= 0.6 is 0 Å². The fourth-order valence-corrected chi connectivity index (χ4v) is 3.27. The summed E-state index contributed by atoms with van der Waals surface area (Å²) in [4.78, 5) is 37.6. The lowest BCUT2D eigenvalue weighted by Crippen LogP contribution is -2.28. The third-order valence-corrected chi connectivity index (χ3v) is 4.46. The SMILES string of the molecule is CC(=O)Nc1ccc(-n2c(=O)c3ccccc3c3ccccc3c2=O)cc1. The first-order valence-electron chi connectivity index (χ1n) is 8.51. The summed E-state index contributed by atoms with van der Waals surface area (Å²) in [6.07, 6.45) is 0. The second-order valence-corrected chi connectivity index (χ2v) is 6.26. The number of nitrogens with zero attached hydrogens (tertiary/aromatic N) is 1. The molecule has 0 radical (unpaired) electrons. The van der Waals surface area contributed by atoms with Gasteiger partial charge < -0.3 is 5.32 Å². The summed E-state index contributed by atoms with van der Waals surface area (Å²) in [6.45, 7) is 1.42. The fraction of sp³-hybridized carbons (Fsp3) is 0.0455. The number of anilines is 1. The summed E-state index contributed by atoms with van der Waals surface area (Å²) in [6, 6.07) is 21.1. The van der Waals surface area contributed by atoms with E-state index in [1.165, 1.54) is 11.5 Å². The van der Waals surface area contributed by atoms with Crippen molar-refractivity contribution in [3.63, 3.8) is 0 Å². The highest BCUT2D eigenvalue weighted by atomic mass is 16.2. The molecule has 0 aliphatic heterocycles. The number of carbonyl (C=O) groups excluding carboxylic acids is 1. The van der Waals surface area contributed by atoms with Gasteiger partial charge in [0, 0.05) is 23.4 Å². The largest absolute Gasteiger partial charge is 0.326 e. The number of fused-ring (bicyclic) bond motifs is 3. The number of hydrogen-bond donors (Lipinski definition) is 1. The number of rotatable bonds is 2. The molecule has 1 heterocycles. The molecular weight excluding hydrogens is 340 g/mol. The average Bonchev–Trinajstić information content (AvgIpc) is 2.77. The van der Waals surface area contributed by atoms with Crippen molar-refractivity contribution < 1.29 is 4.79 Å². The van der Waals surface area contributed by atoms with Gasteiger partial charge in [-0.1, -0.05) is 36.4 Å². The highest BCUT2D eigenvalue weighted by Gasteiger charge is 2.12. The van der Waals surface area contributed by atoms with Crippen LogP contribution in [0.25, 0.3) is 27.2 Å². The van der Waals surface area contributed by atoms with Crippen LogP contribution in [-0.4, -0.2) is 10.5 Å². The zero-order chi connectivity index (χ0) is 19.0. The van der Waals surface area contributed by atoms with Gasteiger partial charge in [-0.25, -0.2) is 4.57 Å².